The normalized spacial score (nSPS) is 14.0. The van der Waals surface area contributed by atoms with Crippen LogP contribution in [0.25, 0.3) is 0 Å². The average Bonchev–Trinajstić information content (AvgIpc) is 3.56. The van der Waals surface area contributed by atoms with Crippen LogP contribution in [0, 0.1) is 20.8 Å². The minimum Gasteiger partial charge on any atom is -0.352 e. The molecule has 2 amide bonds. The molecule has 1 unspecified atom stereocenters. The summed E-state index contributed by atoms with van der Waals surface area (Å²) in [5.41, 5.74) is 4.40. The SMILES string of the molecule is Cc1ccc(S(=O)(=O)N(CC(=O)N(Cc2ccc(Cl)cc2Cl)C(Cc2ccccc2)C(=O)NC2CCCC2)c2ccc(C)cc2C)cc1. The highest BCUT2D eigenvalue weighted by atomic mass is 35.5. The van der Waals surface area contributed by atoms with E-state index in [9.17, 15) is 18.0 Å². The van der Waals surface area contributed by atoms with Crippen molar-refractivity contribution in [3.8, 4) is 0 Å². The van der Waals surface area contributed by atoms with Crippen molar-refractivity contribution >= 4 is 50.7 Å². The summed E-state index contributed by atoms with van der Waals surface area (Å²) in [5, 5.41) is 3.96. The predicted octanol–water partition coefficient (Wildman–Crippen LogP) is 7.81. The Labute approximate surface area is 293 Å². The highest BCUT2D eigenvalue weighted by Gasteiger charge is 2.36. The lowest BCUT2D eigenvalue weighted by molar-refractivity contribution is -0.140. The maximum atomic E-state index is 14.8. The fourth-order valence-electron chi connectivity index (χ4n) is 6.19. The van der Waals surface area contributed by atoms with Crippen LogP contribution < -0.4 is 9.62 Å². The molecular weight excluding hydrogens is 665 g/mol. The Morgan fingerprint density at radius 3 is 2.17 bits per heavy atom. The molecule has 1 atom stereocenters. The van der Waals surface area contributed by atoms with Gasteiger partial charge in [0, 0.05) is 29.1 Å². The molecule has 1 N–H and O–H groups in total. The molecule has 1 fully saturated rings. The number of carbonyl (C=O) groups is 2. The van der Waals surface area contributed by atoms with E-state index >= 15 is 0 Å². The van der Waals surface area contributed by atoms with Gasteiger partial charge in [-0.25, -0.2) is 8.42 Å². The van der Waals surface area contributed by atoms with Gasteiger partial charge in [-0.1, -0.05) is 108 Å². The van der Waals surface area contributed by atoms with Crippen LogP contribution in [0.5, 0.6) is 0 Å². The number of carbonyl (C=O) groups excluding carboxylic acids is 2. The van der Waals surface area contributed by atoms with Gasteiger partial charge in [0.25, 0.3) is 10.0 Å². The second-order valence-electron chi connectivity index (χ2n) is 12.6. The zero-order valence-corrected chi connectivity index (χ0v) is 29.8. The minimum absolute atomic E-state index is 0.0143. The number of aryl methyl sites for hydroxylation is 3. The zero-order chi connectivity index (χ0) is 34.4. The van der Waals surface area contributed by atoms with Crippen molar-refractivity contribution in [1.29, 1.82) is 0 Å². The summed E-state index contributed by atoms with van der Waals surface area (Å²) in [6.45, 7) is 5.06. The summed E-state index contributed by atoms with van der Waals surface area (Å²) in [7, 11) is -4.20. The Bertz CT molecular complexity index is 1860. The molecule has 7 nitrogen and oxygen atoms in total. The van der Waals surface area contributed by atoms with E-state index < -0.39 is 28.5 Å². The fourth-order valence-corrected chi connectivity index (χ4v) is 8.14. The van der Waals surface area contributed by atoms with Crippen LogP contribution in [0.15, 0.2) is 95.9 Å². The summed E-state index contributed by atoms with van der Waals surface area (Å²) in [6, 6.07) is 25.5. The number of benzene rings is 4. The molecule has 0 aromatic heterocycles. The number of sulfonamides is 1. The van der Waals surface area contributed by atoms with Crippen LogP contribution in [-0.4, -0.2) is 43.8 Å². The highest BCUT2D eigenvalue weighted by Crippen LogP contribution is 2.30. The maximum absolute atomic E-state index is 14.8. The van der Waals surface area contributed by atoms with Gasteiger partial charge in [-0.15, -0.1) is 0 Å². The Balaban J connectivity index is 1.60. The molecule has 10 heteroatoms. The molecule has 1 aliphatic rings. The molecule has 0 saturated heterocycles. The second kappa shape index (κ2) is 15.6. The summed E-state index contributed by atoms with van der Waals surface area (Å²) in [4.78, 5) is 30.5. The Morgan fingerprint density at radius 2 is 1.52 bits per heavy atom. The third kappa shape index (κ3) is 8.59. The van der Waals surface area contributed by atoms with Crippen LogP contribution in [-0.2, 0) is 32.6 Å². The molecule has 1 aliphatic carbocycles. The number of hydrogen-bond donors (Lipinski definition) is 1. The Hall–Kier alpha value is -3.85. The zero-order valence-electron chi connectivity index (χ0n) is 27.5. The lowest BCUT2D eigenvalue weighted by atomic mass is 10.0. The third-order valence-corrected chi connectivity index (χ3v) is 11.2. The number of rotatable bonds is 12. The molecule has 0 heterocycles. The van der Waals surface area contributed by atoms with E-state index in [1.54, 1.807) is 48.5 Å². The monoisotopic (exact) mass is 705 g/mol. The summed E-state index contributed by atoms with van der Waals surface area (Å²) >= 11 is 12.8. The van der Waals surface area contributed by atoms with E-state index in [0.717, 1.165) is 46.7 Å². The molecule has 4 aromatic rings. The largest absolute Gasteiger partial charge is 0.352 e. The quantitative estimate of drug-likeness (QED) is 0.163. The van der Waals surface area contributed by atoms with E-state index in [-0.39, 0.29) is 29.8 Å². The van der Waals surface area contributed by atoms with Crippen LogP contribution in [0.4, 0.5) is 5.69 Å². The molecule has 48 heavy (non-hydrogen) atoms. The van der Waals surface area contributed by atoms with Gasteiger partial charge in [0.2, 0.25) is 11.8 Å². The molecule has 0 spiro atoms. The Morgan fingerprint density at radius 1 is 0.854 bits per heavy atom. The van der Waals surface area contributed by atoms with Gasteiger partial charge >= 0.3 is 0 Å². The standard InChI is InChI=1S/C38H41Cl2N3O4S/c1-26-13-18-33(19-14-26)48(46,47)43(35-20-15-27(2)21-28(35)3)25-37(44)42(24-30-16-17-31(39)23-34(30)40)36(22-29-9-5-4-6-10-29)38(45)41-32-11-7-8-12-32/h4-6,9-10,13-21,23,32,36H,7-8,11-12,22,24-25H2,1-3H3,(H,41,45). The van der Waals surface area contributed by atoms with Gasteiger partial charge in [0.1, 0.15) is 12.6 Å². The molecule has 0 aliphatic heterocycles. The number of halogens is 2. The van der Waals surface area contributed by atoms with E-state index in [1.807, 2.05) is 63.2 Å². The number of nitrogens with zero attached hydrogens (tertiary/aromatic N) is 2. The molecular formula is C38H41Cl2N3O4S. The lowest BCUT2D eigenvalue weighted by Crippen LogP contribution is -2.54. The van der Waals surface area contributed by atoms with Gasteiger partial charge in [-0.2, -0.15) is 0 Å². The number of anilines is 1. The first-order valence-electron chi connectivity index (χ1n) is 16.2. The van der Waals surface area contributed by atoms with Gasteiger partial charge in [-0.3, -0.25) is 13.9 Å². The predicted molar refractivity (Wildman–Crippen MR) is 193 cm³/mol. The molecule has 1 saturated carbocycles. The molecule has 0 bridgehead atoms. The third-order valence-electron chi connectivity index (χ3n) is 8.84. The lowest BCUT2D eigenvalue weighted by Gasteiger charge is -2.35. The van der Waals surface area contributed by atoms with Crippen LogP contribution in [0.3, 0.4) is 0 Å². The molecule has 5 rings (SSSR count). The fraction of sp³-hybridized carbons (Fsp3) is 0.316. The summed E-state index contributed by atoms with van der Waals surface area (Å²) in [6.07, 6.45) is 4.02. The number of hydrogen-bond acceptors (Lipinski definition) is 4. The Kier molecular flexibility index (Phi) is 11.5. The number of nitrogens with one attached hydrogen (secondary N) is 1. The van der Waals surface area contributed by atoms with Crippen molar-refractivity contribution in [1.82, 2.24) is 10.2 Å². The smallest absolute Gasteiger partial charge is 0.264 e. The van der Waals surface area contributed by atoms with Gasteiger partial charge in [-0.05, 0) is 80.6 Å². The van der Waals surface area contributed by atoms with Crippen molar-refractivity contribution in [3.63, 3.8) is 0 Å². The van der Waals surface area contributed by atoms with Crippen LogP contribution in [0.1, 0.15) is 53.5 Å². The number of amides is 2. The van der Waals surface area contributed by atoms with Gasteiger partial charge in [0.05, 0.1) is 10.6 Å². The van der Waals surface area contributed by atoms with Crippen LogP contribution in [0.2, 0.25) is 10.0 Å². The van der Waals surface area contributed by atoms with Gasteiger partial charge < -0.3 is 10.2 Å². The first-order chi connectivity index (χ1) is 22.9. The highest BCUT2D eigenvalue weighted by molar-refractivity contribution is 7.92. The maximum Gasteiger partial charge on any atom is 0.264 e. The van der Waals surface area contributed by atoms with Crippen LogP contribution >= 0.6 is 23.2 Å². The molecule has 0 radical (unpaired) electrons. The first kappa shape index (κ1) is 35.5. The summed E-state index contributed by atoms with van der Waals surface area (Å²) < 4.78 is 29.9. The molecule has 4 aromatic carbocycles. The first-order valence-corrected chi connectivity index (χ1v) is 18.4. The van der Waals surface area contributed by atoms with Crippen molar-refractivity contribution < 1.29 is 18.0 Å². The van der Waals surface area contributed by atoms with E-state index in [0.29, 0.717) is 26.9 Å². The van der Waals surface area contributed by atoms with E-state index in [1.165, 1.54) is 4.90 Å². The van der Waals surface area contributed by atoms with Crippen molar-refractivity contribution in [3.05, 3.63) is 129 Å². The minimum atomic E-state index is -4.20. The average molecular weight is 707 g/mol. The summed E-state index contributed by atoms with van der Waals surface area (Å²) in [5.74, 6) is -0.831. The van der Waals surface area contributed by atoms with E-state index in [4.69, 9.17) is 23.2 Å². The topological polar surface area (TPSA) is 86.8 Å². The van der Waals surface area contributed by atoms with Crippen molar-refractivity contribution in [2.24, 2.45) is 0 Å². The van der Waals surface area contributed by atoms with Crippen molar-refractivity contribution in [2.45, 2.75) is 76.4 Å². The second-order valence-corrected chi connectivity index (χ2v) is 15.3. The molecule has 252 valence electrons. The van der Waals surface area contributed by atoms with Gasteiger partial charge in [0.15, 0.2) is 0 Å². The van der Waals surface area contributed by atoms with E-state index in [2.05, 4.69) is 5.32 Å². The van der Waals surface area contributed by atoms with Crippen molar-refractivity contribution in [2.75, 3.05) is 10.8 Å².